The van der Waals surface area contributed by atoms with E-state index in [1.54, 1.807) is 0 Å². The maximum absolute atomic E-state index is 14.0. The van der Waals surface area contributed by atoms with Crippen molar-refractivity contribution in [3.05, 3.63) is 47.0 Å². The number of halogens is 18. The van der Waals surface area contributed by atoms with Crippen molar-refractivity contribution in [1.29, 1.82) is 0 Å². The molecule has 0 heterocycles. The zero-order valence-electron chi connectivity index (χ0n) is 21.2. The smallest absolute Gasteiger partial charge is 0.398 e. The molecule has 0 aliphatic rings. The normalized spacial score (nSPS) is 15.2. The molecular formula is C23H12F18N2O3. The van der Waals surface area contributed by atoms with E-state index in [2.05, 4.69) is 0 Å². The SMILES string of the molecule is Nc1cc2c(ccc3c(N)c(C(O)(C(F)(F)F)C(F)(F)F)cc(C(O)(C(F)(F)F)C(F)(F)F)c32)cc1C(O)(C(F)(F)F)C(F)(F)F. The van der Waals surface area contributed by atoms with Gasteiger partial charge in [0.1, 0.15) is 0 Å². The molecular weight excluding hydrogens is 694 g/mol. The predicted molar refractivity (Wildman–Crippen MR) is 118 cm³/mol. The average Bonchev–Trinajstić information content (AvgIpc) is 2.83. The summed E-state index contributed by atoms with van der Waals surface area (Å²) in [5.41, 5.74) is -20.3. The molecule has 0 radical (unpaired) electrons. The first-order chi connectivity index (χ1) is 20.1. The highest BCUT2D eigenvalue weighted by atomic mass is 19.4. The van der Waals surface area contributed by atoms with Crippen LogP contribution < -0.4 is 11.5 Å². The van der Waals surface area contributed by atoms with Crippen LogP contribution in [0.3, 0.4) is 0 Å². The van der Waals surface area contributed by atoms with Crippen LogP contribution in [0.1, 0.15) is 16.7 Å². The Morgan fingerprint density at radius 2 is 0.761 bits per heavy atom. The summed E-state index contributed by atoms with van der Waals surface area (Å²) in [5, 5.41) is 23.2. The summed E-state index contributed by atoms with van der Waals surface area (Å²) >= 11 is 0. The Balaban J connectivity index is 2.78. The van der Waals surface area contributed by atoms with E-state index in [4.69, 9.17) is 11.5 Å². The molecule has 23 heteroatoms. The fraction of sp³-hybridized carbons (Fsp3) is 0.391. The number of nitrogens with two attached hydrogens (primary N) is 2. The van der Waals surface area contributed by atoms with Crippen molar-refractivity contribution < 1.29 is 94.3 Å². The van der Waals surface area contributed by atoms with E-state index in [1.165, 1.54) is 0 Å². The van der Waals surface area contributed by atoms with Crippen LogP contribution in [-0.2, 0) is 16.8 Å². The molecule has 3 aromatic carbocycles. The fourth-order valence-corrected chi connectivity index (χ4v) is 4.64. The first-order valence-electron chi connectivity index (χ1n) is 11.3. The number of aliphatic hydroxyl groups is 3. The summed E-state index contributed by atoms with van der Waals surface area (Å²) in [5.74, 6) is 0. The molecule has 0 fully saturated rings. The second-order valence-electron chi connectivity index (χ2n) is 9.65. The van der Waals surface area contributed by atoms with Gasteiger partial charge in [0, 0.05) is 33.5 Å². The standard InChI is InChI=1S/C23H12F18N2O3/c24-18(25,26)15(44,19(27,28)29)9-3-6-1-2-7-13(8(6)4-12(9)42)10(16(45,20(30,31)32)21(33,34)35)5-11(14(7)43)17(46,22(36,37)38)23(39,40)41/h1-5,44-46H,42-43H2. The largest absolute Gasteiger partial charge is 0.430 e. The predicted octanol–water partition coefficient (Wildman–Crippen LogP) is 7.09. The summed E-state index contributed by atoms with van der Waals surface area (Å²) in [6, 6.07) is -1.70. The van der Waals surface area contributed by atoms with Gasteiger partial charge in [0.2, 0.25) is 0 Å². The summed E-state index contributed by atoms with van der Waals surface area (Å²) in [7, 11) is 0. The lowest BCUT2D eigenvalue weighted by Gasteiger charge is -2.37. The summed E-state index contributed by atoms with van der Waals surface area (Å²) in [4.78, 5) is 0. The average molecular weight is 706 g/mol. The van der Waals surface area contributed by atoms with Crippen molar-refractivity contribution in [1.82, 2.24) is 0 Å². The number of fused-ring (bicyclic) bond motifs is 3. The lowest BCUT2D eigenvalue weighted by molar-refractivity contribution is -0.378. The van der Waals surface area contributed by atoms with Gasteiger partial charge in [-0.2, -0.15) is 79.0 Å². The highest BCUT2D eigenvalue weighted by Gasteiger charge is 2.75. The van der Waals surface area contributed by atoms with Crippen molar-refractivity contribution in [2.45, 2.75) is 53.9 Å². The molecule has 3 rings (SSSR count). The van der Waals surface area contributed by atoms with Crippen LogP contribution in [0.15, 0.2) is 30.3 Å². The molecule has 3 aromatic rings. The maximum Gasteiger partial charge on any atom is 0.430 e. The van der Waals surface area contributed by atoms with Crippen molar-refractivity contribution >= 4 is 32.9 Å². The first-order valence-corrected chi connectivity index (χ1v) is 11.3. The Morgan fingerprint density at radius 3 is 1.13 bits per heavy atom. The molecule has 0 bridgehead atoms. The lowest BCUT2D eigenvalue weighted by atomic mass is 9.79. The topological polar surface area (TPSA) is 113 Å². The Labute approximate surface area is 240 Å². The van der Waals surface area contributed by atoms with Gasteiger partial charge in [-0.3, -0.25) is 0 Å². The molecule has 0 atom stereocenters. The molecule has 7 N–H and O–H groups in total. The van der Waals surface area contributed by atoms with Gasteiger partial charge in [0.05, 0.1) is 0 Å². The molecule has 0 saturated heterocycles. The molecule has 0 aromatic heterocycles. The van der Waals surface area contributed by atoms with E-state index in [9.17, 15) is 94.3 Å². The summed E-state index contributed by atoms with van der Waals surface area (Å²) < 4.78 is 247. The van der Waals surface area contributed by atoms with Crippen LogP contribution in [0.4, 0.5) is 90.4 Å². The van der Waals surface area contributed by atoms with E-state index in [-0.39, 0.29) is 24.3 Å². The quantitative estimate of drug-likeness (QED) is 0.114. The van der Waals surface area contributed by atoms with Crippen molar-refractivity contribution in [3.8, 4) is 0 Å². The van der Waals surface area contributed by atoms with Gasteiger partial charge in [0.15, 0.2) is 0 Å². The van der Waals surface area contributed by atoms with Crippen LogP contribution in [0, 0.1) is 0 Å². The molecule has 0 amide bonds. The number of alkyl halides is 18. The maximum atomic E-state index is 14.0. The highest BCUT2D eigenvalue weighted by molar-refractivity contribution is 6.14. The van der Waals surface area contributed by atoms with Gasteiger partial charge in [-0.1, -0.05) is 12.1 Å². The van der Waals surface area contributed by atoms with E-state index in [1.807, 2.05) is 0 Å². The minimum atomic E-state index is -7.10. The van der Waals surface area contributed by atoms with Crippen LogP contribution in [-0.4, -0.2) is 52.4 Å². The zero-order chi connectivity index (χ0) is 36.2. The van der Waals surface area contributed by atoms with Crippen molar-refractivity contribution in [3.63, 3.8) is 0 Å². The molecule has 5 nitrogen and oxygen atoms in total. The van der Waals surface area contributed by atoms with Crippen LogP contribution in [0.5, 0.6) is 0 Å². The Hall–Kier alpha value is -3.60. The summed E-state index contributed by atoms with van der Waals surface area (Å²) in [6.45, 7) is 0. The minimum Gasteiger partial charge on any atom is -0.398 e. The highest BCUT2D eigenvalue weighted by Crippen LogP contribution is 2.58. The van der Waals surface area contributed by atoms with Gasteiger partial charge in [-0.25, -0.2) is 0 Å². The van der Waals surface area contributed by atoms with Gasteiger partial charge in [0.25, 0.3) is 16.8 Å². The molecule has 0 aliphatic carbocycles. The number of benzene rings is 3. The Morgan fingerprint density at radius 1 is 0.413 bits per heavy atom. The third kappa shape index (κ3) is 4.88. The number of anilines is 2. The number of nitrogen functional groups attached to an aromatic ring is 2. The molecule has 0 unspecified atom stereocenters. The minimum absolute atomic E-state index is 0.0272. The lowest BCUT2D eigenvalue weighted by Crippen LogP contribution is -2.56. The van der Waals surface area contributed by atoms with Crippen LogP contribution in [0.2, 0.25) is 0 Å². The van der Waals surface area contributed by atoms with Crippen LogP contribution in [0.25, 0.3) is 21.5 Å². The van der Waals surface area contributed by atoms with Gasteiger partial charge in [-0.05, 0) is 34.4 Å². The molecule has 0 saturated carbocycles. The zero-order valence-corrected chi connectivity index (χ0v) is 21.2. The second kappa shape index (κ2) is 9.95. The van der Waals surface area contributed by atoms with Gasteiger partial charge in [-0.15, -0.1) is 0 Å². The number of hydrogen-bond donors (Lipinski definition) is 5. The Bertz CT molecular complexity index is 1640. The fourth-order valence-electron chi connectivity index (χ4n) is 4.64. The van der Waals surface area contributed by atoms with Crippen molar-refractivity contribution in [2.24, 2.45) is 0 Å². The van der Waals surface area contributed by atoms with E-state index < -0.39 is 110 Å². The monoisotopic (exact) mass is 706 g/mol. The molecule has 0 spiro atoms. The van der Waals surface area contributed by atoms with E-state index in [0.29, 0.717) is 0 Å². The molecule has 46 heavy (non-hydrogen) atoms. The second-order valence-corrected chi connectivity index (χ2v) is 9.65. The first kappa shape index (κ1) is 36.9. The van der Waals surface area contributed by atoms with Crippen molar-refractivity contribution in [2.75, 3.05) is 11.5 Å². The molecule has 258 valence electrons. The van der Waals surface area contributed by atoms with Crippen LogP contribution >= 0.6 is 0 Å². The van der Waals surface area contributed by atoms with Gasteiger partial charge >= 0.3 is 37.1 Å². The summed E-state index contributed by atoms with van der Waals surface area (Å²) in [6.07, 6.45) is -41.5. The van der Waals surface area contributed by atoms with E-state index in [0.717, 1.165) is 0 Å². The third-order valence-corrected chi connectivity index (χ3v) is 6.96. The Kier molecular flexibility index (Phi) is 7.98. The van der Waals surface area contributed by atoms with Gasteiger partial charge < -0.3 is 26.8 Å². The number of hydrogen-bond acceptors (Lipinski definition) is 5. The van der Waals surface area contributed by atoms with E-state index >= 15 is 0 Å². The molecule has 0 aliphatic heterocycles. The third-order valence-electron chi connectivity index (χ3n) is 6.96. The number of rotatable bonds is 3.